The van der Waals surface area contributed by atoms with Gasteiger partial charge in [0.15, 0.2) is 0 Å². The van der Waals surface area contributed by atoms with Crippen LogP contribution in [-0.2, 0) is 6.54 Å². The molecule has 2 aromatic heterocycles. The van der Waals surface area contributed by atoms with E-state index in [0.717, 1.165) is 22.0 Å². The molecule has 0 N–H and O–H groups in total. The predicted molar refractivity (Wildman–Crippen MR) is 102 cm³/mol. The van der Waals surface area contributed by atoms with Crippen molar-refractivity contribution in [3.05, 3.63) is 59.4 Å². The minimum Gasteiger partial charge on any atom is -0.481 e. The molecule has 0 aliphatic heterocycles. The lowest BCUT2D eigenvalue weighted by Crippen LogP contribution is -2.29. The lowest BCUT2D eigenvalue weighted by atomic mass is 10.2. The number of carbonyl (C=O) groups is 1. The van der Waals surface area contributed by atoms with Crippen LogP contribution in [0.2, 0.25) is 0 Å². The van der Waals surface area contributed by atoms with Crippen molar-refractivity contribution in [2.75, 3.05) is 20.7 Å². The van der Waals surface area contributed by atoms with Crippen LogP contribution in [0.25, 0.3) is 10.9 Å². The van der Waals surface area contributed by atoms with E-state index in [2.05, 4.69) is 17.0 Å². The largest absolute Gasteiger partial charge is 0.481 e. The summed E-state index contributed by atoms with van der Waals surface area (Å²) < 4.78 is 7.12. The van der Waals surface area contributed by atoms with E-state index in [0.29, 0.717) is 18.1 Å². The number of aromatic nitrogens is 2. The molecule has 0 bridgehead atoms. The van der Waals surface area contributed by atoms with Gasteiger partial charge in [-0.2, -0.15) is 0 Å². The fraction of sp³-hybridized carbons (Fsp3) is 0.238. The van der Waals surface area contributed by atoms with Gasteiger partial charge in [-0.3, -0.25) is 4.79 Å². The minimum absolute atomic E-state index is 0.0988. The molecule has 0 fully saturated rings. The third kappa shape index (κ3) is 3.40. The molecule has 1 aromatic carbocycles. The highest BCUT2D eigenvalue weighted by Crippen LogP contribution is 2.24. The number of hydrogen-bond donors (Lipinski definition) is 0. The summed E-state index contributed by atoms with van der Waals surface area (Å²) in [6.07, 6.45) is 7.12. The van der Waals surface area contributed by atoms with Crippen LogP contribution in [-0.4, -0.2) is 41.1 Å². The van der Waals surface area contributed by atoms with Crippen molar-refractivity contribution in [1.29, 1.82) is 0 Å². The second kappa shape index (κ2) is 7.32. The molecule has 1 amide bonds. The van der Waals surface area contributed by atoms with Crippen molar-refractivity contribution in [1.82, 2.24) is 14.5 Å². The van der Waals surface area contributed by atoms with Gasteiger partial charge in [0.05, 0.1) is 13.7 Å². The highest BCUT2D eigenvalue weighted by molar-refractivity contribution is 5.99. The molecule has 3 aromatic rings. The number of aryl methyl sites for hydroxylation is 1. The Morgan fingerprint density at radius 2 is 2.12 bits per heavy atom. The molecule has 0 unspecified atom stereocenters. The smallest absolute Gasteiger partial charge is 0.271 e. The van der Waals surface area contributed by atoms with Crippen LogP contribution in [0.3, 0.4) is 0 Å². The first-order valence-corrected chi connectivity index (χ1v) is 8.31. The Morgan fingerprint density at radius 1 is 1.31 bits per heavy atom. The molecular formula is C21H21N3O2. The average Bonchev–Trinajstić information content (AvgIpc) is 2.99. The van der Waals surface area contributed by atoms with Crippen molar-refractivity contribution in [3.8, 4) is 18.2 Å². The topological polar surface area (TPSA) is 47.4 Å². The molecule has 0 radical (unpaired) electrons. The van der Waals surface area contributed by atoms with Gasteiger partial charge in [0.1, 0.15) is 5.69 Å². The van der Waals surface area contributed by atoms with E-state index in [4.69, 9.17) is 11.2 Å². The average molecular weight is 347 g/mol. The minimum atomic E-state index is -0.0988. The molecule has 2 heterocycles. The van der Waals surface area contributed by atoms with Crippen LogP contribution < -0.4 is 4.74 Å². The molecule has 132 valence electrons. The number of benzene rings is 1. The van der Waals surface area contributed by atoms with Crippen LogP contribution in [0.4, 0.5) is 0 Å². The SMILES string of the molecule is C#CCN(C)C(=O)c1cc2cc(C)ccc2n1Cc1ccc(OC)nc1. The summed E-state index contributed by atoms with van der Waals surface area (Å²) >= 11 is 0. The van der Waals surface area contributed by atoms with E-state index in [1.54, 1.807) is 25.3 Å². The van der Waals surface area contributed by atoms with Crippen LogP contribution >= 0.6 is 0 Å². The summed E-state index contributed by atoms with van der Waals surface area (Å²) in [6.45, 7) is 2.84. The number of amides is 1. The molecule has 0 aliphatic carbocycles. The number of rotatable bonds is 5. The van der Waals surface area contributed by atoms with E-state index < -0.39 is 0 Å². The zero-order chi connectivity index (χ0) is 18.7. The quantitative estimate of drug-likeness (QED) is 0.666. The Kier molecular flexibility index (Phi) is 4.94. The van der Waals surface area contributed by atoms with Crippen molar-refractivity contribution in [2.24, 2.45) is 0 Å². The summed E-state index contributed by atoms with van der Waals surface area (Å²) in [5.41, 5.74) is 3.75. The Hall–Kier alpha value is -3.26. The van der Waals surface area contributed by atoms with E-state index in [-0.39, 0.29) is 12.5 Å². The number of pyridine rings is 1. The predicted octanol–water partition coefficient (Wildman–Crippen LogP) is 3.11. The van der Waals surface area contributed by atoms with Crippen molar-refractivity contribution < 1.29 is 9.53 Å². The number of methoxy groups -OCH3 is 1. The third-order valence-electron chi connectivity index (χ3n) is 4.30. The maximum Gasteiger partial charge on any atom is 0.271 e. The van der Waals surface area contributed by atoms with Gasteiger partial charge in [-0.15, -0.1) is 6.42 Å². The molecule has 5 nitrogen and oxygen atoms in total. The van der Waals surface area contributed by atoms with Gasteiger partial charge in [-0.25, -0.2) is 4.98 Å². The maximum atomic E-state index is 12.9. The molecule has 5 heteroatoms. The summed E-state index contributed by atoms with van der Waals surface area (Å²) in [5, 5.41) is 1.03. The van der Waals surface area contributed by atoms with Crippen molar-refractivity contribution >= 4 is 16.8 Å². The van der Waals surface area contributed by atoms with E-state index in [1.807, 2.05) is 41.8 Å². The number of ether oxygens (including phenoxy) is 1. The van der Waals surface area contributed by atoms with Gasteiger partial charge in [-0.1, -0.05) is 23.6 Å². The van der Waals surface area contributed by atoms with E-state index in [1.165, 1.54) is 0 Å². The number of hydrogen-bond acceptors (Lipinski definition) is 3. The van der Waals surface area contributed by atoms with Crippen LogP contribution in [0, 0.1) is 19.3 Å². The first-order chi connectivity index (χ1) is 12.5. The van der Waals surface area contributed by atoms with Gasteiger partial charge in [0.25, 0.3) is 5.91 Å². The monoisotopic (exact) mass is 347 g/mol. The van der Waals surface area contributed by atoms with Gasteiger partial charge in [0, 0.05) is 36.8 Å². The number of terminal acetylenes is 1. The third-order valence-corrected chi connectivity index (χ3v) is 4.30. The lowest BCUT2D eigenvalue weighted by Gasteiger charge is -2.16. The highest BCUT2D eigenvalue weighted by atomic mass is 16.5. The highest BCUT2D eigenvalue weighted by Gasteiger charge is 2.19. The zero-order valence-electron chi connectivity index (χ0n) is 15.2. The molecule has 0 saturated carbocycles. The Balaban J connectivity index is 2.06. The summed E-state index contributed by atoms with van der Waals surface area (Å²) in [4.78, 5) is 18.7. The molecule has 0 atom stereocenters. The van der Waals surface area contributed by atoms with Crippen molar-refractivity contribution in [2.45, 2.75) is 13.5 Å². The summed E-state index contributed by atoms with van der Waals surface area (Å²) in [7, 11) is 3.30. The second-order valence-electron chi connectivity index (χ2n) is 6.25. The Bertz CT molecular complexity index is 981. The standard InChI is InChI=1S/C21H21N3O2/c1-5-10-23(3)21(25)19-12-17-11-15(2)6-8-18(17)24(19)14-16-7-9-20(26-4)22-13-16/h1,6-9,11-13H,10,14H2,2-4H3. The molecule has 0 saturated heterocycles. The van der Waals surface area contributed by atoms with E-state index in [9.17, 15) is 4.79 Å². The molecule has 0 aliphatic rings. The van der Waals surface area contributed by atoms with Gasteiger partial charge < -0.3 is 14.2 Å². The molecule has 3 rings (SSSR count). The Morgan fingerprint density at radius 3 is 2.77 bits per heavy atom. The normalized spacial score (nSPS) is 10.5. The lowest BCUT2D eigenvalue weighted by molar-refractivity contribution is 0.0803. The van der Waals surface area contributed by atoms with Crippen LogP contribution in [0.15, 0.2) is 42.6 Å². The number of fused-ring (bicyclic) bond motifs is 1. The van der Waals surface area contributed by atoms with Crippen molar-refractivity contribution in [3.63, 3.8) is 0 Å². The first-order valence-electron chi connectivity index (χ1n) is 8.31. The van der Waals surface area contributed by atoms with Crippen LogP contribution in [0.5, 0.6) is 5.88 Å². The number of carbonyl (C=O) groups excluding carboxylic acids is 1. The fourth-order valence-electron chi connectivity index (χ4n) is 2.95. The van der Waals surface area contributed by atoms with Gasteiger partial charge >= 0.3 is 0 Å². The summed E-state index contributed by atoms with van der Waals surface area (Å²) in [6, 6.07) is 11.9. The zero-order valence-corrected chi connectivity index (χ0v) is 15.2. The Labute approximate surface area is 153 Å². The first kappa shape index (κ1) is 17.6. The molecular weight excluding hydrogens is 326 g/mol. The van der Waals surface area contributed by atoms with Crippen LogP contribution in [0.1, 0.15) is 21.6 Å². The molecule has 26 heavy (non-hydrogen) atoms. The number of nitrogens with zero attached hydrogens (tertiary/aromatic N) is 3. The second-order valence-corrected chi connectivity index (χ2v) is 6.25. The van der Waals surface area contributed by atoms with Gasteiger partial charge in [0.2, 0.25) is 5.88 Å². The van der Waals surface area contributed by atoms with Gasteiger partial charge in [-0.05, 0) is 30.7 Å². The summed E-state index contributed by atoms with van der Waals surface area (Å²) in [5.74, 6) is 2.98. The van der Waals surface area contributed by atoms with E-state index >= 15 is 0 Å². The molecule has 0 spiro atoms. The maximum absolute atomic E-state index is 12.9. The fourth-order valence-corrected chi connectivity index (χ4v) is 2.95.